The average molecular weight is 631 g/mol. The summed E-state index contributed by atoms with van der Waals surface area (Å²) in [5.74, 6) is 0.330. The summed E-state index contributed by atoms with van der Waals surface area (Å²) >= 11 is 6.80. The Bertz CT molecular complexity index is 1460. The number of benzene rings is 2. The number of ether oxygens (including phenoxy) is 2. The molecule has 0 unspecified atom stereocenters. The fraction of sp³-hybridized carbons (Fsp3) is 0.379. The highest BCUT2D eigenvalue weighted by atomic mass is 79.9. The van der Waals surface area contributed by atoms with Crippen molar-refractivity contribution in [1.29, 1.82) is 0 Å². The van der Waals surface area contributed by atoms with Gasteiger partial charge >= 0.3 is 5.97 Å². The largest absolute Gasteiger partial charge is 0.506 e. The molecule has 0 saturated carbocycles. The van der Waals surface area contributed by atoms with E-state index in [1.54, 1.807) is 23.1 Å². The zero-order chi connectivity index (χ0) is 27.5. The van der Waals surface area contributed by atoms with E-state index in [0.717, 1.165) is 50.8 Å². The van der Waals surface area contributed by atoms with Crippen LogP contribution in [0, 0.1) is 0 Å². The number of phenolic OH excluding ortho intramolecular Hbond substituents is 1. The van der Waals surface area contributed by atoms with Gasteiger partial charge in [-0.05, 0) is 42.8 Å². The number of rotatable bonds is 9. The minimum absolute atomic E-state index is 0.0788. The summed E-state index contributed by atoms with van der Waals surface area (Å²) in [5, 5.41) is 14.1. The van der Waals surface area contributed by atoms with Gasteiger partial charge in [-0.2, -0.15) is 0 Å². The number of phenols is 1. The summed E-state index contributed by atoms with van der Waals surface area (Å²) in [4.78, 5) is 20.7. The highest BCUT2D eigenvalue weighted by Gasteiger charge is 2.30. The lowest BCUT2D eigenvalue weighted by Gasteiger charge is -2.27. The number of aromatic nitrogens is 2. The summed E-state index contributed by atoms with van der Waals surface area (Å²) in [7, 11) is 0. The van der Waals surface area contributed by atoms with Gasteiger partial charge in [-0.1, -0.05) is 42.1 Å². The summed E-state index contributed by atoms with van der Waals surface area (Å²) in [6, 6.07) is 12.1. The molecule has 10 heteroatoms. The van der Waals surface area contributed by atoms with Gasteiger partial charge < -0.3 is 19.1 Å². The summed E-state index contributed by atoms with van der Waals surface area (Å²) < 4.78 is 14.9. The summed E-state index contributed by atoms with van der Waals surface area (Å²) in [6.45, 7) is 9.66. The monoisotopic (exact) mass is 629 g/mol. The topological polar surface area (TPSA) is 76.8 Å². The van der Waals surface area contributed by atoms with Gasteiger partial charge in [0.15, 0.2) is 4.34 Å². The van der Waals surface area contributed by atoms with E-state index < -0.39 is 0 Å². The average Bonchev–Trinajstić information content (AvgIpc) is 3.54. The molecule has 1 N–H and O–H groups in total. The molecule has 3 heterocycles. The van der Waals surface area contributed by atoms with E-state index in [0.29, 0.717) is 35.5 Å². The number of morpholine rings is 1. The number of thioether (sulfide) groups is 1. The maximum Gasteiger partial charge on any atom is 0.340 e. The quantitative estimate of drug-likeness (QED) is 0.156. The molecule has 0 bridgehead atoms. The molecule has 0 atom stereocenters. The SMILES string of the molecule is CCOC(=O)c1c(CSc2nc(-c3ccccc3)cs2)n(C(C)C)c2cc(Br)c(O)c(CN3CCOCC3)c12. The molecule has 0 radical (unpaired) electrons. The highest BCUT2D eigenvalue weighted by Crippen LogP contribution is 2.43. The van der Waals surface area contributed by atoms with Gasteiger partial charge in [0.25, 0.3) is 0 Å². The van der Waals surface area contributed by atoms with Crippen LogP contribution in [0.15, 0.2) is 50.6 Å². The molecule has 2 aromatic heterocycles. The van der Waals surface area contributed by atoms with Gasteiger partial charge in [-0.15, -0.1) is 11.3 Å². The molecule has 1 aliphatic heterocycles. The molecular weight excluding hydrogens is 598 g/mol. The smallest absolute Gasteiger partial charge is 0.340 e. The Labute approximate surface area is 245 Å². The fourth-order valence-electron chi connectivity index (χ4n) is 5.04. The molecule has 5 rings (SSSR count). The number of aromatic hydroxyl groups is 1. The summed E-state index contributed by atoms with van der Waals surface area (Å²) in [5.41, 5.74) is 5.06. The first-order chi connectivity index (χ1) is 18.9. The first kappa shape index (κ1) is 28.2. The third kappa shape index (κ3) is 5.90. The van der Waals surface area contributed by atoms with Crippen LogP contribution in [0.4, 0.5) is 0 Å². The number of fused-ring (bicyclic) bond motifs is 1. The van der Waals surface area contributed by atoms with Crippen molar-refractivity contribution in [2.75, 3.05) is 32.9 Å². The standard InChI is InChI=1S/C29H32BrN3O4S2/c1-4-37-28(35)26-24(17-39-29-31-22(16-38-29)19-8-6-5-7-9-19)33(18(2)3)23-14-21(30)27(34)20(25(23)26)15-32-10-12-36-13-11-32/h5-9,14,16,18,34H,4,10-13,15,17H2,1-3H3. The number of nitrogens with zero attached hydrogens (tertiary/aromatic N) is 3. The van der Waals surface area contributed by atoms with Crippen LogP contribution in [-0.4, -0.2) is 58.4 Å². The third-order valence-electron chi connectivity index (χ3n) is 6.79. The Kier molecular flexibility index (Phi) is 8.98. The van der Waals surface area contributed by atoms with Crippen LogP contribution in [0.25, 0.3) is 22.2 Å². The lowest BCUT2D eigenvalue weighted by atomic mass is 10.0. The Hall–Kier alpha value is -2.37. The van der Waals surface area contributed by atoms with E-state index in [9.17, 15) is 9.90 Å². The number of carbonyl (C=O) groups excluding carboxylic acids is 1. The van der Waals surface area contributed by atoms with Crippen LogP contribution >= 0.6 is 39.0 Å². The number of carbonyl (C=O) groups is 1. The Morgan fingerprint density at radius 3 is 2.69 bits per heavy atom. The molecule has 2 aromatic carbocycles. The Morgan fingerprint density at radius 2 is 2.00 bits per heavy atom. The minimum atomic E-state index is -0.369. The van der Waals surface area contributed by atoms with E-state index in [4.69, 9.17) is 14.5 Å². The van der Waals surface area contributed by atoms with E-state index in [-0.39, 0.29) is 24.4 Å². The predicted octanol–water partition coefficient (Wildman–Crippen LogP) is 7.12. The fourth-order valence-corrected chi connectivity index (χ4v) is 7.35. The second-order valence-electron chi connectivity index (χ2n) is 9.63. The number of thiazole rings is 1. The molecule has 4 aromatic rings. The van der Waals surface area contributed by atoms with E-state index >= 15 is 0 Å². The predicted molar refractivity (Wildman–Crippen MR) is 161 cm³/mol. The Morgan fingerprint density at radius 1 is 1.26 bits per heavy atom. The van der Waals surface area contributed by atoms with Crippen molar-refractivity contribution < 1.29 is 19.4 Å². The zero-order valence-corrected chi connectivity index (χ0v) is 25.5. The van der Waals surface area contributed by atoms with Gasteiger partial charge in [-0.3, -0.25) is 4.90 Å². The second-order valence-corrected chi connectivity index (χ2v) is 12.6. The first-order valence-electron chi connectivity index (χ1n) is 13.1. The molecule has 39 heavy (non-hydrogen) atoms. The lowest BCUT2D eigenvalue weighted by molar-refractivity contribution is 0.0340. The first-order valence-corrected chi connectivity index (χ1v) is 15.7. The Balaban J connectivity index is 1.61. The van der Waals surface area contributed by atoms with Crippen LogP contribution in [-0.2, 0) is 21.8 Å². The third-order valence-corrected chi connectivity index (χ3v) is 9.43. The number of esters is 1. The molecule has 0 spiro atoms. The number of halogens is 1. The van der Waals surface area contributed by atoms with Crippen molar-refractivity contribution in [3.05, 3.63) is 63.1 Å². The van der Waals surface area contributed by atoms with Crippen molar-refractivity contribution in [1.82, 2.24) is 14.5 Å². The minimum Gasteiger partial charge on any atom is -0.506 e. The highest BCUT2D eigenvalue weighted by molar-refractivity contribution is 9.10. The summed E-state index contributed by atoms with van der Waals surface area (Å²) in [6.07, 6.45) is 0. The number of hydrogen-bond donors (Lipinski definition) is 1. The van der Waals surface area contributed by atoms with Crippen LogP contribution in [0.3, 0.4) is 0 Å². The molecular formula is C29H32BrN3O4S2. The molecule has 0 amide bonds. The maximum atomic E-state index is 13.6. The van der Waals surface area contributed by atoms with Crippen LogP contribution in [0.5, 0.6) is 5.75 Å². The van der Waals surface area contributed by atoms with Gasteiger partial charge in [-0.25, -0.2) is 9.78 Å². The lowest BCUT2D eigenvalue weighted by Crippen LogP contribution is -2.35. The van der Waals surface area contributed by atoms with Crippen LogP contribution < -0.4 is 0 Å². The normalized spacial score (nSPS) is 14.4. The van der Waals surface area contributed by atoms with E-state index in [1.807, 2.05) is 31.2 Å². The molecule has 1 aliphatic rings. The molecule has 1 saturated heterocycles. The van der Waals surface area contributed by atoms with E-state index in [1.165, 1.54) is 0 Å². The van der Waals surface area contributed by atoms with Crippen LogP contribution in [0.2, 0.25) is 0 Å². The van der Waals surface area contributed by atoms with Crippen molar-refractivity contribution in [2.24, 2.45) is 0 Å². The van der Waals surface area contributed by atoms with Crippen molar-refractivity contribution in [3.63, 3.8) is 0 Å². The maximum absolute atomic E-state index is 13.6. The van der Waals surface area contributed by atoms with Gasteiger partial charge in [0.2, 0.25) is 0 Å². The molecule has 0 aliphatic carbocycles. The van der Waals surface area contributed by atoms with Gasteiger partial charge in [0.1, 0.15) is 5.75 Å². The molecule has 206 valence electrons. The molecule has 7 nitrogen and oxygen atoms in total. The van der Waals surface area contributed by atoms with Crippen LogP contribution in [0.1, 0.15) is 48.4 Å². The van der Waals surface area contributed by atoms with Gasteiger partial charge in [0, 0.05) is 59.0 Å². The zero-order valence-electron chi connectivity index (χ0n) is 22.3. The van der Waals surface area contributed by atoms with Crippen molar-refractivity contribution in [3.8, 4) is 17.0 Å². The molecule has 1 fully saturated rings. The van der Waals surface area contributed by atoms with Crippen molar-refractivity contribution >= 4 is 55.9 Å². The number of hydrogen-bond acceptors (Lipinski definition) is 8. The second kappa shape index (κ2) is 12.4. The van der Waals surface area contributed by atoms with E-state index in [2.05, 4.69) is 56.8 Å². The van der Waals surface area contributed by atoms with Gasteiger partial charge in [0.05, 0.1) is 41.1 Å². The van der Waals surface area contributed by atoms with Crippen molar-refractivity contribution in [2.45, 2.75) is 43.5 Å².